The van der Waals surface area contributed by atoms with Gasteiger partial charge in [-0.05, 0) is 44.5 Å². The van der Waals surface area contributed by atoms with Crippen LogP contribution in [0.1, 0.15) is 26.3 Å². The van der Waals surface area contributed by atoms with Crippen molar-refractivity contribution in [2.24, 2.45) is 0 Å². The number of aromatic amines is 1. The van der Waals surface area contributed by atoms with Gasteiger partial charge in [-0.25, -0.2) is 0 Å². The van der Waals surface area contributed by atoms with Crippen LogP contribution in [-0.2, 0) is 16.0 Å². The molecule has 0 unspecified atom stereocenters. The lowest BCUT2D eigenvalue weighted by Crippen LogP contribution is -2.24. The summed E-state index contributed by atoms with van der Waals surface area (Å²) < 4.78 is 10.5. The number of carbonyl (C=O) groups is 1. The van der Waals surface area contributed by atoms with Gasteiger partial charge in [-0.2, -0.15) is 0 Å². The molecule has 1 heterocycles. The van der Waals surface area contributed by atoms with Gasteiger partial charge in [0.25, 0.3) is 0 Å². The summed E-state index contributed by atoms with van der Waals surface area (Å²) in [7, 11) is 1.63. The number of benzene rings is 1. The monoisotopic (exact) mass is 261 g/mol. The van der Waals surface area contributed by atoms with Crippen LogP contribution in [0.3, 0.4) is 0 Å². The Labute approximate surface area is 112 Å². The van der Waals surface area contributed by atoms with Crippen molar-refractivity contribution in [3.8, 4) is 5.75 Å². The molecule has 19 heavy (non-hydrogen) atoms. The maximum atomic E-state index is 11.9. The van der Waals surface area contributed by atoms with Crippen molar-refractivity contribution in [2.45, 2.75) is 32.8 Å². The quantitative estimate of drug-likeness (QED) is 0.864. The first kappa shape index (κ1) is 13.5. The average Bonchev–Trinajstić information content (AvgIpc) is 2.69. The number of hydrogen-bond acceptors (Lipinski definition) is 3. The summed E-state index contributed by atoms with van der Waals surface area (Å²) in [4.78, 5) is 15.0. The summed E-state index contributed by atoms with van der Waals surface area (Å²) in [5.41, 5.74) is 1.45. The molecule has 0 aliphatic carbocycles. The van der Waals surface area contributed by atoms with E-state index in [0.29, 0.717) is 0 Å². The Morgan fingerprint density at radius 3 is 2.68 bits per heavy atom. The van der Waals surface area contributed by atoms with E-state index in [1.807, 2.05) is 45.2 Å². The third-order valence-corrected chi connectivity index (χ3v) is 2.73. The van der Waals surface area contributed by atoms with Crippen LogP contribution in [0.4, 0.5) is 0 Å². The number of aromatic nitrogens is 1. The van der Waals surface area contributed by atoms with Crippen LogP contribution in [0, 0.1) is 0 Å². The van der Waals surface area contributed by atoms with Gasteiger partial charge in [-0.1, -0.05) is 0 Å². The van der Waals surface area contributed by atoms with Gasteiger partial charge in [-0.15, -0.1) is 0 Å². The van der Waals surface area contributed by atoms with Crippen molar-refractivity contribution in [2.75, 3.05) is 7.11 Å². The van der Waals surface area contributed by atoms with Gasteiger partial charge in [0.1, 0.15) is 11.4 Å². The fourth-order valence-corrected chi connectivity index (χ4v) is 1.96. The summed E-state index contributed by atoms with van der Waals surface area (Å²) in [5.74, 6) is 0.550. The van der Waals surface area contributed by atoms with Crippen LogP contribution in [-0.4, -0.2) is 23.7 Å². The molecular formula is C15H19NO3. The van der Waals surface area contributed by atoms with Crippen molar-refractivity contribution in [3.63, 3.8) is 0 Å². The van der Waals surface area contributed by atoms with Crippen molar-refractivity contribution >= 4 is 16.9 Å². The second-order valence-corrected chi connectivity index (χ2v) is 5.49. The highest BCUT2D eigenvalue weighted by atomic mass is 16.6. The lowest BCUT2D eigenvalue weighted by atomic mass is 10.1. The second kappa shape index (κ2) is 4.96. The zero-order valence-electron chi connectivity index (χ0n) is 11.7. The molecule has 1 aromatic heterocycles. The number of esters is 1. The molecule has 2 aromatic rings. The fourth-order valence-electron chi connectivity index (χ4n) is 1.96. The Morgan fingerprint density at radius 2 is 2.05 bits per heavy atom. The highest BCUT2D eigenvalue weighted by Crippen LogP contribution is 2.24. The summed E-state index contributed by atoms with van der Waals surface area (Å²) in [6.07, 6.45) is 2.10. The molecule has 0 aliphatic rings. The van der Waals surface area contributed by atoms with E-state index < -0.39 is 5.60 Å². The number of fused-ring (bicyclic) bond motifs is 1. The van der Waals surface area contributed by atoms with E-state index in [0.717, 1.165) is 22.2 Å². The van der Waals surface area contributed by atoms with Crippen LogP contribution in [0.15, 0.2) is 24.4 Å². The normalized spacial score (nSPS) is 11.6. The van der Waals surface area contributed by atoms with Crippen molar-refractivity contribution < 1.29 is 14.3 Å². The highest BCUT2D eigenvalue weighted by molar-refractivity contribution is 5.88. The first-order chi connectivity index (χ1) is 8.89. The topological polar surface area (TPSA) is 51.3 Å². The molecule has 0 spiro atoms. The summed E-state index contributed by atoms with van der Waals surface area (Å²) in [6, 6.07) is 5.74. The molecule has 0 atom stereocenters. The molecule has 0 saturated carbocycles. The predicted molar refractivity (Wildman–Crippen MR) is 74.4 cm³/mol. The number of ether oxygens (including phenoxy) is 2. The molecule has 0 fully saturated rings. The zero-order valence-corrected chi connectivity index (χ0v) is 11.7. The van der Waals surface area contributed by atoms with E-state index in [-0.39, 0.29) is 12.4 Å². The number of carbonyl (C=O) groups excluding carboxylic acids is 1. The first-order valence-electron chi connectivity index (χ1n) is 6.25. The molecule has 102 valence electrons. The van der Waals surface area contributed by atoms with Crippen molar-refractivity contribution in [1.82, 2.24) is 4.98 Å². The van der Waals surface area contributed by atoms with Crippen LogP contribution in [0.2, 0.25) is 0 Å². The third-order valence-electron chi connectivity index (χ3n) is 2.73. The van der Waals surface area contributed by atoms with E-state index in [4.69, 9.17) is 9.47 Å². The molecule has 4 nitrogen and oxygen atoms in total. The highest BCUT2D eigenvalue weighted by Gasteiger charge is 2.18. The smallest absolute Gasteiger partial charge is 0.310 e. The number of H-pyrrole nitrogens is 1. The van der Waals surface area contributed by atoms with E-state index in [9.17, 15) is 4.79 Å². The maximum absolute atomic E-state index is 11.9. The van der Waals surface area contributed by atoms with Gasteiger partial charge >= 0.3 is 5.97 Å². The minimum absolute atomic E-state index is 0.226. The van der Waals surface area contributed by atoms with Gasteiger partial charge in [0.2, 0.25) is 0 Å². The minimum Gasteiger partial charge on any atom is -0.497 e. The van der Waals surface area contributed by atoms with E-state index >= 15 is 0 Å². The molecular weight excluding hydrogens is 242 g/mol. The predicted octanol–water partition coefficient (Wildman–Crippen LogP) is 3.06. The largest absolute Gasteiger partial charge is 0.497 e. The van der Waals surface area contributed by atoms with Gasteiger partial charge in [0.15, 0.2) is 0 Å². The lowest BCUT2D eigenvalue weighted by molar-refractivity contribution is -0.153. The number of methoxy groups -OCH3 is 1. The van der Waals surface area contributed by atoms with Gasteiger partial charge < -0.3 is 14.5 Å². The third kappa shape index (κ3) is 3.28. The minimum atomic E-state index is -0.457. The lowest BCUT2D eigenvalue weighted by Gasteiger charge is -2.19. The van der Waals surface area contributed by atoms with E-state index in [1.165, 1.54) is 0 Å². The molecule has 0 saturated heterocycles. The van der Waals surface area contributed by atoms with Crippen molar-refractivity contribution in [1.29, 1.82) is 0 Å². The molecule has 0 bridgehead atoms. The van der Waals surface area contributed by atoms with E-state index in [2.05, 4.69) is 4.98 Å². The van der Waals surface area contributed by atoms with Gasteiger partial charge in [0.05, 0.1) is 13.5 Å². The number of rotatable bonds is 3. The number of hydrogen-bond donors (Lipinski definition) is 1. The Bertz CT molecular complexity index is 593. The number of nitrogens with one attached hydrogen (secondary N) is 1. The summed E-state index contributed by atoms with van der Waals surface area (Å²) in [6.45, 7) is 5.59. The summed E-state index contributed by atoms with van der Waals surface area (Å²) >= 11 is 0. The van der Waals surface area contributed by atoms with Gasteiger partial charge in [0, 0.05) is 17.1 Å². The maximum Gasteiger partial charge on any atom is 0.310 e. The zero-order chi connectivity index (χ0) is 14.0. The Balaban J connectivity index is 2.23. The molecule has 0 radical (unpaired) electrons. The molecule has 1 N–H and O–H groups in total. The first-order valence-corrected chi connectivity index (χ1v) is 6.25. The van der Waals surface area contributed by atoms with E-state index in [1.54, 1.807) is 7.11 Å². The van der Waals surface area contributed by atoms with Crippen LogP contribution in [0.5, 0.6) is 5.75 Å². The molecule has 0 aliphatic heterocycles. The van der Waals surface area contributed by atoms with Crippen LogP contribution in [0.25, 0.3) is 10.9 Å². The molecule has 0 amide bonds. The average molecular weight is 261 g/mol. The second-order valence-electron chi connectivity index (χ2n) is 5.49. The molecule has 4 heteroatoms. The standard InChI is InChI=1S/C15H19NO3/c1-15(2,3)19-14(17)7-10-9-16-13-6-5-11(18-4)8-12(10)13/h5-6,8-9,16H,7H2,1-4H3. The van der Waals surface area contributed by atoms with Crippen molar-refractivity contribution in [3.05, 3.63) is 30.0 Å². The summed E-state index contributed by atoms with van der Waals surface area (Å²) in [5, 5.41) is 0.991. The fraction of sp³-hybridized carbons (Fsp3) is 0.400. The molecule has 2 rings (SSSR count). The Hall–Kier alpha value is -1.97. The SMILES string of the molecule is COc1ccc2[nH]cc(CC(=O)OC(C)(C)C)c2c1. The molecule has 1 aromatic carbocycles. The van der Waals surface area contributed by atoms with Crippen LogP contribution >= 0.6 is 0 Å². The van der Waals surface area contributed by atoms with Crippen LogP contribution < -0.4 is 4.74 Å². The Kier molecular flexibility index (Phi) is 3.51. The Morgan fingerprint density at radius 1 is 1.32 bits per heavy atom. The van der Waals surface area contributed by atoms with Gasteiger partial charge in [-0.3, -0.25) is 4.79 Å².